The molecule has 0 amide bonds. The van der Waals surface area contributed by atoms with Gasteiger partial charge in [-0.25, -0.2) is 0 Å². The van der Waals surface area contributed by atoms with Crippen LogP contribution in [0.15, 0.2) is 12.2 Å². The van der Waals surface area contributed by atoms with Crippen molar-refractivity contribution in [1.82, 2.24) is 0 Å². The van der Waals surface area contributed by atoms with Crippen molar-refractivity contribution < 1.29 is 17.5 Å². The number of unbranched alkanes of at least 4 members (excludes halogenated alkanes) is 3. The van der Waals surface area contributed by atoms with Crippen LogP contribution in [0.25, 0.3) is 0 Å². The monoisotopic (exact) mass is 232 g/mol. The molecule has 0 N–H and O–H groups in total. The predicted molar refractivity (Wildman–Crippen MR) is 55.2 cm³/mol. The summed E-state index contributed by atoms with van der Waals surface area (Å²) in [5.74, 6) is 0. The van der Waals surface area contributed by atoms with E-state index in [-0.39, 0.29) is 23.1 Å². The van der Waals surface area contributed by atoms with Crippen molar-refractivity contribution in [1.29, 1.82) is 0 Å². The number of hydrogen-bond donors (Lipinski definition) is 0. The molecule has 0 aromatic rings. The van der Waals surface area contributed by atoms with Gasteiger partial charge in [-0.3, -0.25) is 8.42 Å². The van der Waals surface area contributed by atoms with Crippen LogP contribution in [0.3, 0.4) is 0 Å². The Balaban J connectivity index is -0.000000177. The van der Waals surface area contributed by atoms with Crippen molar-refractivity contribution in [3.05, 3.63) is 12.2 Å². The average molecular weight is 233 g/mol. The zero-order chi connectivity index (χ0) is 10.7. The smallest absolute Gasteiger partial charge is 0.759 e. The summed E-state index contributed by atoms with van der Waals surface area (Å²) in [6, 6.07) is 0. The summed E-state index contributed by atoms with van der Waals surface area (Å²) in [6.45, 7) is 4.31. The van der Waals surface area contributed by atoms with Crippen LogP contribution in [0.5, 0.6) is 0 Å². The Morgan fingerprint density at radius 3 is 1.93 bits per heavy atom. The first kappa shape index (κ1) is 19.9. The van der Waals surface area contributed by atoms with E-state index in [1.54, 1.807) is 0 Å². The quantitative estimate of drug-likeness (QED) is 0.241. The molecule has 80 valence electrons. The topological polar surface area (TPSA) is 80.3 Å². The summed E-state index contributed by atoms with van der Waals surface area (Å²) in [6.07, 6.45) is 9.69. The average Bonchev–Trinajstić information content (AvgIpc) is 1.95. The molecule has 0 atom stereocenters. The molecule has 0 radical (unpaired) electrons. The molecule has 0 aromatic heterocycles. The van der Waals surface area contributed by atoms with Crippen molar-refractivity contribution in [2.75, 3.05) is 0 Å². The summed E-state index contributed by atoms with van der Waals surface area (Å²) >= 11 is 0. The second-order valence-electron chi connectivity index (χ2n) is 2.47. The number of allylic oxidation sites excluding steroid dienone is 2. The van der Waals surface area contributed by atoms with E-state index in [2.05, 4.69) is 26.0 Å². The van der Waals surface area contributed by atoms with Crippen LogP contribution in [0.2, 0.25) is 0 Å². The molecular formula is C8H16MgO4S. The Morgan fingerprint density at radius 2 is 1.64 bits per heavy atom. The maximum atomic E-state index is 8.52. The predicted octanol–water partition coefficient (Wildman–Crippen LogP) is 1.42. The molecule has 14 heavy (non-hydrogen) atoms. The van der Waals surface area contributed by atoms with Gasteiger partial charge in [-0.1, -0.05) is 31.9 Å². The zero-order valence-electron chi connectivity index (χ0n) is 8.73. The van der Waals surface area contributed by atoms with Crippen LogP contribution in [0.1, 0.15) is 39.5 Å². The summed E-state index contributed by atoms with van der Waals surface area (Å²) in [5, 5.41) is 0. The third kappa shape index (κ3) is 55.4. The molecule has 0 aromatic carbocycles. The van der Waals surface area contributed by atoms with Gasteiger partial charge in [-0.2, -0.15) is 0 Å². The second kappa shape index (κ2) is 13.4. The van der Waals surface area contributed by atoms with Gasteiger partial charge in [0.05, 0.1) is 0 Å². The van der Waals surface area contributed by atoms with Gasteiger partial charge in [0.15, 0.2) is 0 Å². The molecule has 0 saturated carbocycles. The normalized spacial score (nSPS) is 10.3. The molecule has 0 spiro atoms. The van der Waals surface area contributed by atoms with Crippen LogP contribution in [-0.2, 0) is 10.4 Å². The van der Waals surface area contributed by atoms with Gasteiger partial charge in [-0.15, -0.1) is 0 Å². The van der Waals surface area contributed by atoms with Crippen LogP contribution in [0, 0.1) is 0 Å². The Hall–Kier alpha value is 0.376. The third-order valence-electron chi connectivity index (χ3n) is 1.21. The Kier molecular flexibility index (Phi) is 19.0. The van der Waals surface area contributed by atoms with Crippen LogP contribution < -0.4 is 0 Å². The van der Waals surface area contributed by atoms with E-state index < -0.39 is 10.4 Å². The van der Waals surface area contributed by atoms with E-state index in [1.807, 2.05) is 0 Å². The molecule has 0 aliphatic heterocycles. The fourth-order valence-corrected chi connectivity index (χ4v) is 0.679. The Morgan fingerprint density at radius 1 is 1.21 bits per heavy atom. The third-order valence-corrected chi connectivity index (χ3v) is 1.21. The second-order valence-corrected chi connectivity index (χ2v) is 3.29. The van der Waals surface area contributed by atoms with Crippen molar-refractivity contribution in [2.45, 2.75) is 39.5 Å². The molecule has 0 heterocycles. The Bertz CT molecular complexity index is 203. The van der Waals surface area contributed by atoms with Gasteiger partial charge in [0, 0.05) is 10.4 Å². The minimum Gasteiger partial charge on any atom is -0.759 e. The van der Waals surface area contributed by atoms with E-state index in [4.69, 9.17) is 17.5 Å². The van der Waals surface area contributed by atoms with E-state index in [1.165, 1.54) is 25.7 Å². The van der Waals surface area contributed by atoms with Gasteiger partial charge in [-0.05, 0) is 19.8 Å². The van der Waals surface area contributed by atoms with Crippen molar-refractivity contribution in [3.63, 3.8) is 0 Å². The van der Waals surface area contributed by atoms with E-state index in [0.29, 0.717) is 0 Å². The van der Waals surface area contributed by atoms with Crippen LogP contribution in [-0.4, -0.2) is 40.6 Å². The van der Waals surface area contributed by atoms with Gasteiger partial charge in [0.2, 0.25) is 0 Å². The SMILES string of the molecule is CC=CCCCCC.O=S(=O)([O-])[O-].[Mg+2]. The number of rotatable bonds is 4. The fraction of sp³-hybridized carbons (Fsp3) is 0.750. The molecule has 0 fully saturated rings. The van der Waals surface area contributed by atoms with Gasteiger partial charge < -0.3 is 9.11 Å². The van der Waals surface area contributed by atoms with E-state index in [0.717, 1.165) is 0 Å². The van der Waals surface area contributed by atoms with E-state index >= 15 is 0 Å². The first-order valence-electron chi connectivity index (χ1n) is 4.19. The first-order valence-corrected chi connectivity index (χ1v) is 5.53. The minimum atomic E-state index is -5.17. The van der Waals surface area contributed by atoms with Crippen LogP contribution in [0.4, 0.5) is 0 Å². The molecule has 0 unspecified atom stereocenters. The van der Waals surface area contributed by atoms with Crippen molar-refractivity contribution >= 4 is 33.5 Å². The molecule has 4 nitrogen and oxygen atoms in total. The summed E-state index contributed by atoms with van der Waals surface area (Å²) < 4.78 is 34.1. The molecule has 0 saturated heterocycles. The maximum Gasteiger partial charge on any atom is 2.00 e. The van der Waals surface area contributed by atoms with Gasteiger partial charge in [0.1, 0.15) is 0 Å². The summed E-state index contributed by atoms with van der Waals surface area (Å²) in [5.41, 5.74) is 0. The Labute approximate surface area is 103 Å². The molecule has 0 rings (SSSR count). The van der Waals surface area contributed by atoms with Crippen LogP contribution >= 0.6 is 0 Å². The molecule has 0 aliphatic rings. The van der Waals surface area contributed by atoms with E-state index in [9.17, 15) is 0 Å². The zero-order valence-corrected chi connectivity index (χ0v) is 11.0. The minimum absolute atomic E-state index is 0. The summed E-state index contributed by atoms with van der Waals surface area (Å²) in [4.78, 5) is 0. The van der Waals surface area contributed by atoms with Crippen molar-refractivity contribution in [3.8, 4) is 0 Å². The maximum absolute atomic E-state index is 8.52. The standard InChI is InChI=1S/C8H16.Mg.H2O4S/c1-3-5-7-8-6-4-2;;1-5(2,3)4/h3,5H,4,6-8H2,1-2H3;;(H2,1,2,3,4)/q;+2;/p-2. The van der Waals surface area contributed by atoms with Gasteiger partial charge in [0.25, 0.3) is 0 Å². The number of hydrogen-bond acceptors (Lipinski definition) is 4. The largest absolute Gasteiger partial charge is 2.00 e. The molecule has 0 aliphatic carbocycles. The van der Waals surface area contributed by atoms with Gasteiger partial charge >= 0.3 is 23.1 Å². The van der Waals surface area contributed by atoms with Crippen molar-refractivity contribution in [2.24, 2.45) is 0 Å². The molecule has 0 bridgehead atoms. The first-order chi connectivity index (χ1) is 5.91. The molecular weight excluding hydrogens is 216 g/mol. The fourth-order valence-electron chi connectivity index (χ4n) is 0.679. The summed E-state index contributed by atoms with van der Waals surface area (Å²) in [7, 11) is -5.17. The molecule has 6 heteroatoms.